The molecule has 0 saturated carbocycles. The molecule has 1 aromatic carbocycles. The number of benzene rings is 1. The molecule has 0 unspecified atom stereocenters. The third kappa shape index (κ3) is 3.67. The number of thiophene rings is 1. The lowest BCUT2D eigenvalue weighted by molar-refractivity contribution is 0.0950. The van der Waals surface area contributed by atoms with Gasteiger partial charge in [0.1, 0.15) is 0 Å². The maximum atomic E-state index is 12.1. The monoisotopic (exact) mass is 344 g/mol. The summed E-state index contributed by atoms with van der Waals surface area (Å²) in [5, 5.41) is 13.6. The van der Waals surface area contributed by atoms with E-state index in [0.29, 0.717) is 16.4 Å². The van der Waals surface area contributed by atoms with Crippen LogP contribution in [-0.2, 0) is 0 Å². The van der Waals surface area contributed by atoms with Crippen LogP contribution in [0.3, 0.4) is 0 Å². The largest absolute Gasteiger partial charge is 0.291 e. The molecule has 2 heterocycles. The van der Waals surface area contributed by atoms with E-state index < -0.39 is 0 Å². The van der Waals surface area contributed by atoms with Gasteiger partial charge in [-0.25, -0.2) is 5.43 Å². The summed E-state index contributed by atoms with van der Waals surface area (Å²) < 4.78 is 0. The van der Waals surface area contributed by atoms with Crippen molar-refractivity contribution in [2.75, 3.05) is 0 Å². The van der Waals surface area contributed by atoms with E-state index in [1.165, 1.54) is 0 Å². The molecule has 2 N–H and O–H groups in total. The van der Waals surface area contributed by atoms with Crippen molar-refractivity contribution in [3.05, 3.63) is 64.1 Å². The molecule has 23 heavy (non-hydrogen) atoms. The summed E-state index contributed by atoms with van der Waals surface area (Å²) in [6.07, 6.45) is 0. The molecule has 7 heteroatoms. The lowest BCUT2D eigenvalue weighted by atomic mass is 10.1. The number of aromatic amines is 1. The summed E-state index contributed by atoms with van der Waals surface area (Å²) in [7, 11) is 0. The van der Waals surface area contributed by atoms with Crippen LogP contribution in [0.5, 0.6) is 0 Å². The summed E-state index contributed by atoms with van der Waals surface area (Å²) in [5.74, 6) is -0.364. The van der Waals surface area contributed by atoms with E-state index in [4.69, 9.17) is 11.6 Å². The van der Waals surface area contributed by atoms with Gasteiger partial charge in [0.15, 0.2) is 5.69 Å². The number of rotatable bonds is 4. The molecule has 5 nitrogen and oxygen atoms in total. The highest BCUT2D eigenvalue weighted by Crippen LogP contribution is 2.22. The number of hydrogen-bond donors (Lipinski definition) is 2. The number of amides is 1. The van der Waals surface area contributed by atoms with Crippen molar-refractivity contribution in [3.63, 3.8) is 0 Å². The fraction of sp³-hybridized carbons (Fsp3) is 0.0625. The van der Waals surface area contributed by atoms with Crippen LogP contribution < -0.4 is 5.43 Å². The van der Waals surface area contributed by atoms with Crippen LogP contribution >= 0.6 is 22.9 Å². The highest BCUT2D eigenvalue weighted by Gasteiger charge is 2.11. The fourth-order valence-electron chi connectivity index (χ4n) is 1.94. The first kappa shape index (κ1) is 15.5. The van der Waals surface area contributed by atoms with Gasteiger partial charge in [0, 0.05) is 5.02 Å². The number of hydrazone groups is 1. The average Bonchev–Trinajstić information content (AvgIpc) is 3.23. The van der Waals surface area contributed by atoms with Crippen molar-refractivity contribution >= 4 is 34.6 Å². The third-order valence-corrected chi connectivity index (χ3v) is 4.34. The van der Waals surface area contributed by atoms with Crippen LogP contribution in [0.2, 0.25) is 5.02 Å². The van der Waals surface area contributed by atoms with Gasteiger partial charge in [-0.15, -0.1) is 11.3 Å². The predicted octanol–water partition coefficient (Wildman–Crippen LogP) is 3.95. The second-order valence-corrected chi connectivity index (χ2v) is 6.17. The summed E-state index contributed by atoms with van der Waals surface area (Å²) in [6.45, 7) is 1.81. The van der Waals surface area contributed by atoms with E-state index in [9.17, 15) is 4.79 Å². The van der Waals surface area contributed by atoms with Gasteiger partial charge in [0.05, 0.1) is 16.3 Å². The van der Waals surface area contributed by atoms with E-state index in [-0.39, 0.29) is 5.91 Å². The number of hydrogen-bond acceptors (Lipinski definition) is 4. The SMILES string of the molecule is CC(=NNC(=O)c1cc(-c2cccs2)[nH]n1)c1ccc(Cl)cc1. The Hall–Kier alpha value is -2.44. The quantitative estimate of drug-likeness (QED) is 0.555. The molecular weight excluding hydrogens is 332 g/mol. The van der Waals surface area contributed by atoms with Crippen molar-refractivity contribution in [1.29, 1.82) is 0 Å². The number of nitrogens with one attached hydrogen (secondary N) is 2. The van der Waals surface area contributed by atoms with Gasteiger partial charge >= 0.3 is 0 Å². The van der Waals surface area contributed by atoms with Gasteiger partial charge in [-0.3, -0.25) is 9.89 Å². The predicted molar refractivity (Wildman–Crippen MR) is 93.0 cm³/mol. The smallest absolute Gasteiger partial charge is 0.276 e. The van der Waals surface area contributed by atoms with Crippen molar-refractivity contribution in [1.82, 2.24) is 15.6 Å². The van der Waals surface area contributed by atoms with Crippen LogP contribution in [0.4, 0.5) is 0 Å². The Labute approximate surface area is 142 Å². The molecule has 0 aliphatic rings. The van der Waals surface area contributed by atoms with Gasteiger partial charge in [-0.05, 0) is 42.1 Å². The highest BCUT2D eigenvalue weighted by atomic mass is 35.5. The number of carbonyl (C=O) groups excluding carboxylic acids is 1. The second kappa shape index (κ2) is 6.76. The first-order valence-corrected chi connectivity index (χ1v) is 8.09. The Morgan fingerprint density at radius 3 is 2.78 bits per heavy atom. The van der Waals surface area contributed by atoms with Crippen LogP contribution in [-0.4, -0.2) is 21.8 Å². The Morgan fingerprint density at radius 2 is 2.09 bits per heavy atom. The Balaban J connectivity index is 1.69. The van der Waals surface area contributed by atoms with Crippen molar-refractivity contribution in [2.24, 2.45) is 5.10 Å². The lowest BCUT2D eigenvalue weighted by Gasteiger charge is -2.01. The minimum Gasteiger partial charge on any atom is -0.276 e. The van der Waals surface area contributed by atoms with E-state index in [1.807, 2.05) is 36.6 Å². The molecule has 0 fully saturated rings. The van der Waals surface area contributed by atoms with Gasteiger partial charge < -0.3 is 0 Å². The number of nitrogens with zero attached hydrogens (tertiary/aromatic N) is 2. The molecule has 0 atom stereocenters. The first-order valence-electron chi connectivity index (χ1n) is 6.83. The molecule has 1 amide bonds. The zero-order valence-corrected chi connectivity index (χ0v) is 13.8. The first-order chi connectivity index (χ1) is 11.1. The molecule has 3 rings (SSSR count). The summed E-state index contributed by atoms with van der Waals surface area (Å²) in [4.78, 5) is 13.1. The molecule has 116 valence electrons. The molecule has 0 spiro atoms. The van der Waals surface area contributed by atoms with Crippen LogP contribution in [0, 0.1) is 0 Å². The minimum atomic E-state index is -0.364. The molecule has 0 saturated heterocycles. The molecule has 0 radical (unpaired) electrons. The molecule has 2 aromatic heterocycles. The van der Waals surface area contributed by atoms with Crippen molar-refractivity contribution in [2.45, 2.75) is 6.92 Å². The number of halogens is 1. The number of aromatic nitrogens is 2. The Kier molecular flexibility index (Phi) is 4.55. The topological polar surface area (TPSA) is 70.1 Å². The average molecular weight is 345 g/mol. The fourth-order valence-corrected chi connectivity index (χ4v) is 2.76. The van der Waals surface area contributed by atoms with Gasteiger partial charge in [0.25, 0.3) is 5.91 Å². The Bertz CT molecular complexity index is 837. The van der Waals surface area contributed by atoms with Crippen LogP contribution in [0.15, 0.2) is 52.9 Å². The Morgan fingerprint density at radius 1 is 1.30 bits per heavy atom. The van der Waals surface area contributed by atoms with Crippen LogP contribution in [0.1, 0.15) is 23.0 Å². The molecule has 3 aromatic rings. The molecule has 0 aliphatic carbocycles. The summed E-state index contributed by atoms with van der Waals surface area (Å²) in [6, 6.07) is 12.8. The second-order valence-electron chi connectivity index (χ2n) is 4.79. The van der Waals surface area contributed by atoms with E-state index in [0.717, 1.165) is 16.1 Å². The molecular formula is C16H13ClN4OS. The van der Waals surface area contributed by atoms with E-state index in [2.05, 4.69) is 20.7 Å². The lowest BCUT2D eigenvalue weighted by Crippen LogP contribution is -2.19. The number of carbonyl (C=O) groups is 1. The highest BCUT2D eigenvalue weighted by molar-refractivity contribution is 7.13. The zero-order valence-electron chi connectivity index (χ0n) is 12.2. The van der Waals surface area contributed by atoms with Gasteiger partial charge in [-0.1, -0.05) is 29.8 Å². The van der Waals surface area contributed by atoms with Crippen LogP contribution in [0.25, 0.3) is 10.6 Å². The van der Waals surface area contributed by atoms with Gasteiger partial charge in [0.2, 0.25) is 0 Å². The number of H-pyrrole nitrogens is 1. The maximum Gasteiger partial charge on any atom is 0.291 e. The zero-order chi connectivity index (χ0) is 16.2. The van der Waals surface area contributed by atoms with Crippen molar-refractivity contribution < 1.29 is 4.79 Å². The minimum absolute atomic E-state index is 0.293. The normalized spacial score (nSPS) is 11.5. The summed E-state index contributed by atoms with van der Waals surface area (Å²) in [5.41, 5.74) is 5.18. The standard InChI is InChI=1S/C16H13ClN4OS/c1-10(11-4-6-12(17)7-5-11)18-21-16(22)14-9-13(19-20-14)15-3-2-8-23-15/h2-9H,1H3,(H,19,20)(H,21,22). The molecule has 0 aliphatic heterocycles. The third-order valence-electron chi connectivity index (χ3n) is 3.18. The van der Waals surface area contributed by atoms with E-state index in [1.54, 1.807) is 29.5 Å². The maximum absolute atomic E-state index is 12.1. The summed E-state index contributed by atoms with van der Waals surface area (Å²) >= 11 is 7.42. The van der Waals surface area contributed by atoms with Crippen molar-refractivity contribution in [3.8, 4) is 10.6 Å². The van der Waals surface area contributed by atoms with E-state index >= 15 is 0 Å². The molecule has 0 bridgehead atoms. The van der Waals surface area contributed by atoms with Gasteiger partial charge in [-0.2, -0.15) is 10.2 Å².